The zero-order valence-corrected chi connectivity index (χ0v) is 20.1. The van der Waals surface area contributed by atoms with Gasteiger partial charge in [-0.05, 0) is 74.5 Å². The van der Waals surface area contributed by atoms with Gasteiger partial charge >= 0.3 is 0 Å². The topological polar surface area (TPSA) is 27.7 Å². The maximum atomic E-state index is 5.69. The van der Waals surface area contributed by atoms with Gasteiger partial charge in [0, 0.05) is 29.8 Å². The van der Waals surface area contributed by atoms with E-state index in [0.29, 0.717) is 6.61 Å². The fourth-order valence-electron chi connectivity index (χ4n) is 4.54. The van der Waals surface area contributed by atoms with Crippen molar-refractivity contribution < 1.29 is 4.74 Å². The third kappa shape index (κ3) is 6.58. The van der Waals surface area contributed by atoms with Gasteiger partial charge in [0.25, 0.3) is 0 Å². The molecule has 2 aliphatic heterocycles. The Morgan fingerprint density at radius 2 is 1.84 bits per heavy atom. The van der Waals surface area contributed by atoms with Gasteiger partial charge in [-0.2, -0.15) is 0 Å². The molecule has 0 saturated carbocycles. The van der Waals surface area contributed by atoms with Crippen LogP contribution in [-0.2, 0) is 13.0 Å². The molecule has 2 aromatic carbocycles. The van der Waals surface area contributed by atoms with E-state index in [1.54, 1.807) is 0 Å². The van der Waals surface area contributed by atoms with Gasteiger partial charge in [-0.3, -0.25) is 9.80 Å². The van der Waals surface area contributed by atoms with Crippen molar-refractivity contribution in [3.63, 3.8) is 0 Å². The molecule has 0 spiro atoms. The molecule has 1 saturated heterocycles. The lowest BCUT2D eigenvalue weighted by Gasteiger charge is -2.35. The van der Waals surface area contributed by atoms with Crippen molar-refractivity contribution in [1.82, 2.24) is 15.1 Å². The van der Waals surface area contributed by atoms with Crippen molar-refractivity contribution in [3.05, 3.63) is 75.9 Å². The zero-order valence-electron chi connectivity index (χ0n) is 18.5. The number of piperidine rings is 1. The number of rotatable bonds is 8. The molecule has 166 valence electrons. The highest BCUT2D eigenvalue weighted by molar-refractivity contribution is 9.10. The van der Waals surface area contributed by atoms with E-state index in [0.717, 1.165) is 44.4 Å². The monoisotopic (exact) mass is 483 g/mol. The summed E-state index contributed by atoms with van der Waals surface area (Å²) in [5.41, 5.74) is 4.14. The van der Waals surface area contributed by atoms with E-state index < -0.39 is 0 Å². The van der Waals surface area contributed by atoms with Gasteiger partial charge in [0.15, 0.2) is 0 Å². The first-order chi connectivity index (χ1) is 15.2. The van der Waals surface area contributed by atoms with Crippen molar-refractivity contribution in [2.45, 2.75) is 32.7 Å². The molecule has 2 aromatic rings. The lowest BCUT2D eigenvalue weighted by atomic mass is 9.90. The highest BCUT2D eigenvalue weighted by atomic mass is 79.9. The number of halogens is 1. The number of ether oxygens (including phenoxy) is 1. The Kier molecular flexibility index (Phi) is 8.06. The normalized spacial score (nSPS) is 18.5. The first kappa shape index (κ1) is 22.4. The average Bonchev–Trinajstić information content (AvgIpc) is 2.80. The van der Waals surface area contributed by atoms with E-state index in [1.165, 1.54) is 47.2 Å². The van der Waals surface area contributed by atoms with Crippen LogP contribution in [0.4, 0.5) is 0 Å². The predicted octanol–water partition coefficient (Wildman–Crippen LogP) is 5.05. The molecule has 2 aliphatic rings. The number of nitrogens with zero attached hydrogens (tertiary/aromatic N) is 2. The Bertz CT molecular complexity index is 862. The van der Waals surface area contributed by atoms with Crippen molar-refractivity contribution in [3.8, 4) is 5.75 Å². The van der Waals surface area contributed by atoms with E-state index in [-0.39, 0.29) is 0 Å². The Morgan fingerprint density at radius 3 is 2.55 bits per heavy atom. The molecule has 0 aliphatic carbocycles. The Morgan fingerprint density at radius 1 is 1.03 bits per heavy atom. The molecule has 0 aromatic heterocycles. The highest BCUT2D eigenvalue weighted by Crippen LogP contribution is 2.29. The lowest BCUT2D eigenvalue weighted by molar-refractivity contribution is 0.187. The summed E-state index contributed by atoms with van der Waals surface area (Å²) in [6.45, 7) is 9.13. The number of hydrogen-bond acceptors (Lipinski definition) is 4. The van der Waals surface area contributed by atoms with E-state index in [1.807, 2.05) is 13.0 Å². The molecular formula is C26H34BrN3O. The van der Waals surface area contributed by atoms with E-state index in [9.17, 15) is 0 Å². The molecule has 4 nitrogen and oxygen atoms in total. The van der Waals surface area contributed by atoms with Crippen LogP contribution < -0.4 is 10.1 Å². The third-order valence-corrected chi connectivity index (χ3v) is 7.09. The van der Waals surface area contributed by atoms with Gasteiger partial charge in [0.1, 0.15) is 5.75 Å². The number of likely N-dealkylation sites (tertiary alicyclic amines) is 1. The maximum Gasteiger partial charge on any atom is 0.119 e. The molecule has 0 radical (unpaired) electrons. The van der Waals surface area contributed by atoms with Gasteiger partial charge in [-0.25, -0.2) is 0 Å². The van der Waals surface area contributed by atoms with Crippen LogP contribution in [0.5, 0.6) is 5.75 Å². The summed E-state index contributed by atoms with van der Waals surface area (Å²) in [4.78, 5) is 5.05. The minimum Gasteiger partial charge on any atom is -0.494 e. The largest absolute Gasteiger partial charge is 0.494 e. The summed E-state index contributed by atoms with van der Waals surface area (Å²) in [7, 11) is 0. The van der Waals surface area contributed by atoms with Crippen LogP contribution in [0.25, 0.3) is 0 Å². The lowest BCUT2D eigenvalue weighted by Crippen LogP contribution is -2.43. The predicted molar refractivity (Wildman–Crippen MR) is 131 cm³/mol. The van der Waals surface area contributed by atoms with Gasteiger partial charge < -0.3 is 10.1 Å². The number of hydrogen-bond donors (Lipinski definition) is 1. The molecular weight excluding hydrogens is 450 g/mol. The molecule has 0 atom stereocenters. The fraction of sp³-hybridized carbons (Fsp3) is 0.462. The molecule has 5 heteroatoms. The van der Waals surface area contributed by atoms with Crippen LogP contribution in [0.1, 0.15) is 30.9 Å². The van der Waals surface area contributed by atoms with Gasteiger partial charge in [-0.1, -0.05) is 52.3 Å². The van der Waals surface area contributed by atoms with Crippen molar-refractivity contribution in [2.75, 3.05) is 39.5 Å². The van der Waals surface area contributed by atoms with Crippen LogP contribution in [0.3, 0.4) is 0 Å². The molecule has 0 unspecified atom stereocenters. The van der Waals surface area contributed by atoms with Crippen LogP contribution in [0.15, 0.2) is 64.8 Å². The molecule has 1 N–H and O–H groups in total. The van der Waals surface area contributed by atoms with Gasteiger partial charge in [0.05, 0.1) is 13.3 Å². The highest BCUT2D eigenvalue weighted by Gasteiger charge is 2.22. The summed E-state index contributed by atoms with van der Waals surface area (Å²) in [6.07, 6.45) is 6.02. The summed E-state index contributed by atoms with van der Waals surface area (Å²) in [5.74, 6) is 1.73. The van der Waals surface area contributed by atoms with Crippen molar-refractivity contribution in [1.29, 1.82) is 0 Å². The zero-order chi connectivity index (χ0) is 21.5. The molecule has 4 rings (SSSR count). The second-order valence-electron chi connectivity index (χ2n) is 8.67. The van der Waals surface area contributed by atoms with Crippen LogP contribution in [0.2, 0.25) is 0 Å². The second-order valence-corrected chi connectivity index (χ2v) is 9.53. The first-order valence-corrected chi connectivity index (χ1v) is 12.3. The summed E-state index contributed by atoms with van der Waals surface area (Å²) >= 11 is 3.73. The molecule has 1 fully saturated rings. The van der Waals surface area contributed by atoms with Crippen molar-refractivity contribution in [2.24, 2.45) is 5.92 Å². The number of nitrogens with one attached hydrogen (secondary N) is 1. The Labute approximate surface area is 195 Å². The summed E-state index contributed by atoms with van der Waals surface area (Å²) in [5, 5.41) is 3.64. The fourth-order valence-corrected chi connectivity index (χ4v) is 4.94. The minimum absolute atomic E-state index is 0.716. The van der Waals surface area contributed by atoms with Crippen LogP contribution in [-0.4, -0.2) is 49.3 Å². The SMILES string of the molecule is CCOc1ccc(Br)c(CC2CCN(CC3=CCN(Cc4ccccc4)CN3)CC2)c1. The second kappa shape index (κ2) is 11.2. The quantitative estimate of drug-likeness (QED) is 0.568. The van der Waals surface area contributed by atoms with Crippen LogP contribution >= 0.6 is 15.9 Å². The Balaban J connectivity index is 1.21. The summed E-state index contributed by atoms with van der Waals surface area (Å²) < 4.78 is 6.89. The number of benzene rings is 2. The summed E-state index contributed by atoms with van der Waals surface area (Å²) in [6, 6.07) is 17.1. The smallest absolute Gasteiger partial charge is 0.119 e. The minimum atomic E-state index is 0.716. The van der Waals surface area contributed by atoms with Gasteiger partial charge in [0.2, 0.25) is 0 Å². The van der Waals surface area contributed by atoms with Crippen molar-refractivity contribution >= 4 is 15.9 Å². The van der Waals surface area contributed by atoms with E-state index in [2.05, 4.69) is 79.6 Å². The van der Waals surface area contributed by atoms with Crippen LogP contribution in [0, 0.1) is 5.92 Å². The van der Waals surface area contributed by atoms with E-state index >= 15 is 0 Å². The average molecular weight is 484 g/mol. The standard InChI is InChI=1S/C26H34BrN3O/c1-2-31-25-8-9-26(27)23(17-25)16-21-10-13-29(14-11-21)19-24-12-15-30(20-28-24)18-22-6-4-3-5-7-22/h3-9,12,17,21,28H,2,10-11,13-16,18-20H2,1H3. The molecule has 0 amide bonds. The maximum absolute atomic E-state index is 5.69. The first-order valence-electron chi connectivity index (χ1n) is 11.5. The third-order valence-electron chi connectivity index (χ3n) is 6.31. The van der Waals surface area contributed by atoms with E-state index in [4.69, 9.17) is 4.74 Å². The molecule has 0 bridgehead atoms. The molecule has 31 heavy (non-hydrogen) atoms. The Hall–Kier alpha value is -1.82. The molecule has 2 heterocycles. The van der Waals surface area contributed by atoms with Gasteiger partial charge in [-0.15, -0.1) is 0 Å².